The molecule has 0 aliphatic rings. The summed E-state index contributed by atoms with van der Waals surface area (Å²) in [6.07, 6.45) is 1.45. The summed E-state index contributed by atoms with van der Waals surface area (Å²) in [5.41, 5.74) is 3.77. The molecular formula is C21H16BrN3O4. The summed E-state index contributed by atoms with van der Waals surface area (Å²) in [4.78, 5) is 22.5. The van der Waals surface area contributed by atoms with Gasteiger partial charge in [-0.2, -0.15) is 5.10 Å². The van der Waals surface area contributed by atoms with E-state index in [0.717, 1.165) is 15.6 Å². The van der Waals surface area contributed by atoms with Gasteiger partial charge in [0.1, 0.15) is 17.9 Å². The molecule has 0 heterocycles. The maximum absolute atomic E-state index is 12.1. The normalized spacial score (nSPS) is 10.7. The van der Waals surface area contributed by atoms with Crippen molar-refractivity contribution in [2.75, 3.05) is 0 Å². The number of amides is 1. The maximum Gasteiger partial charge on any atom is 0.282 e. The SMILES string of the molecule is O=C(N/N=C\c1ccc(OCc2ccc(Br)cc2)cc1)c1ccccc1[N+](=O)[O-]. The molecule has 0 aromatic heterocycles. The number of nitrogens with one attached hydrogen (secondary N) is 1. The Kier molecular flexibility index (Phi) is 6.70. The van der Waals surface area contributed by atoms with Crippen LogP contribution in [0.3, 0.4) is 0 Å². The van der Waals surface area contributed by atoms with Crippen LogP contribution in [0.5, 0.6) is 5.75 Å². The molecule has 0 unspecified atom stereocenters. The van der Waals surface area contributed by atoms with Crippen LogP contribution in [0, 0.1) is 10.1 Å². The summed E-state index contributed by atoms with van der Waals surface area (Å²) in [6.45, 7) is 0.451. The molecule has 0 saturated carbocycles. The van der Waals surface area contributed by atoms with E-state index in [1.54, 1.807) is 30.3 Å². The number of para-hydroxylation sites is 1. The highest BCUT2D eigenvalue weighted by Crippen LogP contribution is 2.17. The van der Waals surface area contributed by atoms with E-state index in [0.29, 0.717) is 12.4 Å². The van der Waals surface area contributed by atoms with Crippen LogP contribution in [0.4, 0.5) is 5.69 Å². The van der Waals surface area contributed by atoms with Crippen LogP contribution in [0.15, 0.2) is 82.4 Å². The second kappa shape index (κ2) is 9.61. The third-order valence-electron chi connectivity index (χ3n) is 3.92. The van der Waals surface area contributed by atoms with Gasteiger partial charge >= 0.3 is 0 Å². The Morgan fingerprint density at radius 3 is 2.45 bits per heavy atom. The van der Waals surface area contributed by atoms with Gasteiger partial charge in [-0.1, -0.05) is 40.2 Å². The molecule has 1 N–H and O–H groups in total. The van der Waals surface area contributed by atoms with Gasteiger partial charge in [0.25, 0.3) is 11.6 Å². The fourth-order valence-electron chi connectivity index (χ4n) is 2.45. The number of nitrogens with zero attached hydrogens (tertiary/aromatic N) is 2. The van der Waals surface area contributed by atoms with Crippen molar-refractivity contribution in [2.24, 2.45) is 5.10 Å². The molecule has 0 fully saturated rings. The summed E-state index contributed by atoms with van der Waals surface area (Å²) in [5, 5.41) is 14.8. The molecule has 29 heavy (non-hydrogen) atoms. The zero-order chi connectivity index (χ0) is 20.6. The number of benzene rings is 3. The van der Waals surface area contributed by atoms with Crippen LogP contribution in [-0.2, 0) is 6.61 Å². The minimum absolute atomic E-state index is 0.0497. The number of carbonyl (C=O) groups is 1. The predicted octanol–water partition coefficient (Wildman–Crippen LogP) is 4.70. The smallest absolute Gasteiger partial charge is 0.282 e. The zero-order valence-electron chi connectivity index (χ0n) is 15.1. The van der Waals surface area contributed by atoms with E-state index in [2.05, 4.69) is 26.5 Å². The first-order chi connectivity index (χ1) is 14.0. The van der Waals surface area contributed by atoms with Gasteiger partial charge in [0.05, 0.1) is 11.1 Å². The van der Waals surface area contributed by atoms with E-state index in [9.17, 15) is 14.9 Å². The third-order valence-corrected chi connectivity index (χ3v) is 4.45. The van der Waals surface area contributed by atoms with E-state index >= 15 is 0 Å². The Morgan fingerprint density at radius 2 is 1.76 bits per heavy atom. The van der Waals surface area contributed by atoms with E-state index in [1.807, 2.05) is 24.3 Å². The second-order valence-corrected chi connectivity index (χ2v) is 6.87. The molecule has 3 aromatic rings. The lowest BCUT2D eigenvalue weighted by molar-refractivity contribution is -0.385. The minimum atomic E-state index is -0.650. The fraction of sp³-hybridized carbons (Fsp3) is 0.0476. The molecule has 0 atom stereocenters. The van der Waals surface area contributed by atoms with Gasteiger partial charge in [0.15, 0.2) is 0 Å². The molecule has 3 aromatic carbocycles. The molecular weight excluding hydrogens is 438 g/mol. The van der Waals surface area contributed by atoms with E-state index in [4.69, 9.17) is 4.74 Å². The summed E-state index contributed by atoms with van der Waals surface area (Å²) < 4.78 is 6.74. The fourth-order valence-corrected chi connectivity index (χ4v) is 2.71. The average Bonchev–Trinajstić information content (AvgIpc) is 2.74. The predicted molar refractivity (Wildman–Crippen MR) is 113 cm³/mol. The van der Waals surface area contributed by atoms with E-state index < -0.39 is 10.8 Å². The summed E-state index contributed by atoms with van der Waals surface area (Å²) in [5.74, 6) is 0.0528. The Hall–Kier alpha value is -3.52. The molecule has 0 spiro atoms. The number of ether oxygens (including phenoxy) is 1. The molecule has 0 aliphatic carbocycles. The van der Waals surface area contributed by atoms with Crippen molar-refractivity contribution in [1.82, 2.24) is 5.43 Å². The van der Waals surface area contributed by atoms with Crippen LogP contribution in [0.1, 0.15) is 21.5 Å². The first-order valence-corrected chi connectivity index (χ1v) is 9.36. The second-order valence-electron chi connectivity index (χ2n) is 5.96. The number of rotatable bonds is 7. The lowest BCUT2D eigenvalue weighted by atomic mass is 10.2. The van der Waals surface area contributed by atoms with Gasteiger partial charge in [0.2, 0.25) is 0 Å². The third kappa shape index (κ3) is 5.73. The molecule has 1 amide bonds. The summed E-state index contributed by atoms with van der Waals surface area (Å²) in [6, 6.07) is 20.7. The quantitative estimate of drug-likeness (QED) is 0.318. The van der Waals surface area contributed by atoms with Crippen molar-refractivity contribution in [3.05, 3.63) is 104 Å². The Labute approximate surface area is 175 Å². The minimum Gasteiger partial charge on any atom is -0.489 e. The monoisotopic (exact) mass is 453 g/mol. The first kappa shape index (κ1) is 20.2. The van der Waals surface area contributed by atoms with E-state index in [-0.39, 0.29) is 11.3 Å². The number of nitro benzene ring substituents is 1. The number of hydrazone groups is 1. The number of carbonyl (C=O) groups excluding carboxylic acids is 1. The van der Waals surface area contributed by atoms with Crippen molar-refractivity contribution >= 4 is 33.7 Å². The van der Waals surface area contributed by atoms with Gasteiger partial charge in [-0.3, -0.25) is 14.9 Å². The highest BCUT2D eigenvalue weighted by molar-refractivity contribution is 9.10. The van der Waals surface area contributed by atoms with Crippen LogP contribution in [0.2, 0.25) is 0 Å². The van der Waals surface area contributed by atoms with Crippen molar-refractivity contribution < 1.29 is 14.5 Å². The van der Waals surface area contributed by atoms with Gasteiger partial charge in [-0.05, 0) is 53.6 Å². The Balaban J connectivity index is 1.55. The number of halogens is 1. The maximum atomic E-state index is 12.1. The average molecular weight is 454 g/mol. The lowest BCUT2D eigenvalue weighted by Gasteiger charge is -2.06. The molecule has 0 saturated heterocycles. The van der Waals surface area contributed by atoms with Gasteiger partial charge in [0, 0.05) is 10.5 Å². The van der Waals surface area contributed by atoms with Crippen molar-refractivity contribution in [2.45, 2.75) is 6.61 Å². The van der Waals surface area contributed by atoms with Crippen LogP contribution in [0.25, 0.3) is 0 Å². The van der Waals surface area contributed by atoms with E-state index in [1.165, 1.54) is 24.4 Å². The summed E-state index contributed by atoms with van der Waals surface area (Å²) >= 11 is 3.39. The molecule has 0 aliphatic heterocycles. The Morgan fingerprint density at radius 1 is 1.07 bits per heavy atom. The van der Waals surface area contributed by atoms with Crippen molar-refractivity contribution in [1.29, 1.82) is 0 Å². The standard InChI is InChI=1S/C21H16BrN3O4/c22-17-9-5-16(6-10-17)14-29-18-11-7-15(8-12-18)13-23-24-21(26)19-3-1-2-4-20(19)25(27)28/h1-13H,14H2,(H,24,26)/b23-13-. The number of hydrogen-bond acceptors (Lipinski definition) is 5. The topological polar surface area (TPSA) is 93.8 Å². The van der Waals surface area contributed by atoms with Crippen LogP contribution < -0.4 is 10.2 Å². The number of nitro groups is 1. The molecule has 3 rings (SSSR count). The first-order valence-electron chi connectivity index (χ1n) is 8.57. The molecule has 7 nitrogen and oxygen atoms in total. The van der Waals surface area contributed by atoms with Gasteiger partial charge < -0.3 is 4.74 Å². The molecule has 0 bridgehead atoms. The van der Waals surface area contributed by atoms with Crippen LogP contribution >= 0.6 is 15.9 Å². The lowest BCUT2D eigenvalue weighted by Crippen LogP contribution is -2.18. The molecule has 0 radical (unpaired) electrons. The van der Waals surface area contributed by atoms with Crippen LogP contribution in [-0.4, -0.2) is 17.0 Å². The zero-order valence-corrected chi connectivity index (χ0v) is 16.7. The highest BCUT2D eigenvalue weighted by Gasteiger charge is 2.18. The molecule has 8 heteroatoms. The van der Waals surface area contributed by atoms with Crippen molar-refractivity contribution in [3.8, 4) is 5.75 Å². The van der Waals surface area contributed by atoms with Crippen molar-refractivity contribution in [3.63, 3.8) is 0 Å². The largest absolute Gasteiger partial charge is 0.489 e. The molecule has 146 valence electrons. The summed E-state index contributed by atoms with van der Waals surface area (Å²) in [7, 11) is 0. The van der Waals surface area contributed by atoms with Gasteiger partial charge in [-0.25, -0.2) is 5.43 Å². The highest BCUT2D eigenvalue weighted by atomic mass is 79.9. The number of hydrogen-bond donors (Lipinski definition) is 1. The Bertz CT molecular complexity index is 1030. The van der Waals surface area contributed by atoms with Gasteiger partial charge in [-0.15, -0.1) is 0 Å².